The van der Waals surface area contributed by atoms with Crippen LogP contribution in [0.1, 0.15) is 45.7 Å². The first-order valence-corrected chi connectivity index (χ1v) is 9.54. The minimum absolute atomic E-state index is 0.103. The Hall–Kier alpha value is -2.83. The maximum atomic E-state index is 13.0. The van der Waals surface area contributed by atoms with Gasteiger partial charge in [0, 0.05) is 16.7 Å². The third kappa shape index (κ3) is 3.37. The highest BCUT2D eigenvalue weighted by Crippen LogP contribution is 2.31. The normalized spacial score (nSPS) is 23.7. The molecule has 1 saturated heterocycles. The SMILES string of the molecule is C[C@@H]1C[NH+](CC(=O)Nc2cccc3c2C(=O)c2ccccc2C3=O)C[C@H](C)O1. The van der Waals surface area contributed by atoms with Gasteiger partial charge >= 0.3 is 0 Å². The number of carbonyl (C=O) groups is 3. The first-order valence-electron chi connectivity index (χ1n) is 9.54. The standard InChI is InChI=1S/C22H22N2O4/c1-13-10-24(11-14(2)28-13)12-19(25)23-18-9-5-8-17-20(18)22(27)16-7-4-3-6-15(16)21(17)26/h3-9,13-14H,10-12H2,1-2H3,(H,23,25)/p+1/t13-,14+. The van der Waals surface area contributed by atoms with Gasteiger partial charge in [-0.1, -0.05) is 36.4 Å². The molecule has 4 rings (SSSR count). The summed E-state index contributed by atoms with van der Waals surface area (Å²) in [5.74, 6) is -0.603. The molecule has 0 aromatic heterocycles. The second-order valence-electron chi connectivity index (χ2n) is 7.57. The molecule has 6 heteroatoms. The summed E-state index contributed by atoms with van der Waals surface area (Å²) in [4.78, 5) is 39.6. The number of quaternary nitrogens is 1. The highest BCUT2D eigenvalue weighted by atomic mass is 16.5. The van der Waals surface area contributed by atoms with Crippen LogP contribution in [-0.4, -0.2) is 49.3 Å². The van der Waals surface area contributed by atoms with Crippen LogP contribution in [-0.2, 0) is 9.53 Å². The van der Waals surface area contributed by atoms with E-state index in [-0.39, 0.29) is 35.2 Å². The Labute approximate surface area is 163 Å². The zero-order chi connectivity index (χ0) is 19.8. The summed E-state index contributed by atoms with van der Waals surface area (Å²) in [7, 11) is 0. The lowest BCUT2D eigenvalue weighted by Gasteiger charge is -2.32. The first kappa shape index (κ1) is 18.5. The number of rotatable bonds is 3. The number of ether oxygens (including phenoxy) is 1. The Morgan fingerprint density at radius 2 is 1.57 bits per heavy atom. The minimum Gasteiger partial charge on any atom is -0.364 e. The maximum absolute atomic E-state index is 13.0. The fraction of sp³-hybridized carbons (Fsp3) is 0.318. The Kier molecular flexibility index (Phi) is 4.83. The van der Waals surface area contributed by atoms with Crippen LogP contribution in [0.25, 0.3) is 0 Å². The van der Waals surface area contributed by atoms with Gasteiger partial charge in [0.1, 0.15) is 25.3 Å². The maximum Gasteiger partial charge on any atom is 0.279 e. The molecule has 1 amide bonds. The first-order chi connectivity index (χ1) is 13.4. The smallest absolute Gasteiger partial charge is 0.279 e. The van der Waals surface area contributed by atoms with Crippen molar-refractivity contribution in [3.05, 3.63) is 64.7 Å². The van der Waals surface area contributed by atoms with Gasteiger partial charge in [-0.05, 0) is 19.9 Å². The van der Waals surface area contributed by atoms with Crippen LogP contribution in [0.2, 0.25) is 0 Å². The monoisotopic (exact) mass is 379 g/mol. The molecular weight excluding hydrogens is 356 g/mol. The summed E-state index contributed by atoms with van der Waals surface area (Å²) in [6.07, 6.45) is 0.207. The van der Waals surface area contributed by atoms with E-state index < -0.39 is 0 Å². The number of morpholine rings is 1. The van der Waals surface area contributed by atoms with Crippen LogP contribution in [0.5, 0.6) is 0 Å². The number of amides is 1. The lowest BCUT2D eigenvalue weighted by Crippen LogP contribution is -3.16. The topological polar surface area (TPSA) is 76.9 Å². The van der Waals surface area contributed by atoms with Crippen molar-refractivity contribution < 1.29 is 24.0 Å². The molecule has 2 aromatic rings. The Morgan fingerprint density at radius 1 is 0.964 bits per heavy atom. The van der Waals surface area contributed by atoms with Gasteiger partial charge < -0.3 is 15.0 Å². The van der Waals surface area contributed by atoms with E-state index in [1.165, 1.54) is 0 Å². The van der Waals surface area contributed by atoms with Gasteiger partial charge in [-0.25, -0.2) is 0 Å². The lowest BCUT2D eigenvalue weighted by atomic mass is 9.83. The summed E-state index contributed by atoms with van der Waals surface area (Å²) in [5.41, 5.74) is 1.79. The second-order valence-corrected chi connectivity index (χ2v) is 7.57. The summed E-state index contributed by atoms with van der Waals surface area (Å²) < 4.78 is 5.72. The summed E-state index contributed by atoms with van der Waals surface area (Å²) >= 11 is 0. The largest absolute Gasteiger partial charge is 0.364 e. The van der Waals surface area contributed by atoms with Crippen molar-refractivity contribution in [1.82, 2.24) is 0 Å². The van der Waals surface area contributed by atoms with Gasteiger partial charge in [-0.2, -0.15) is 0 Å². The predicted molar refractivity (Wildman–Crippen MR) is 104 cm³/mol. The number of benzene rings is 2. The van der Waals surface area contributed by atoms with Crippen molar-refractivity contribution in [2.45, 2.75) is 26.1 Å². The van der Waals surface area contributed by atoms with E-state index in [9.17, 15) is 14.4 Å². The van der Waals surface area contributed by atoms with E-state index in [2.05, 4.69) is 5.32 Å². The molecule has 0 spiro atoms. The molecule has 1 heterocycles. The third-order valence-corrected chi connectivity index (χ3v) is 5.25. The van der Waals surface area contributed by atoms with E-state index in [4.69, 9.17) is 4.74 Å². The van der Waals surface area contributed by atoms with Crippen LogP contribution in [0.3, 0.4) is 0 Å². The molecule has 0 saturated carbocycles. The Balaban J connectivity index is 1.58. The molecule has 2 N–H and O–H groups in total. The molecule has 144 valence electrons. The van der Waals surface area contributed by atoms with Crippen LogP contribution < -0.4 is 10.2 Å². The molecular formula is C22H23N2O4+. The van der Waals surface area contributed by atoms with Gasteiger partial charge in [0.25, 0.3) is 5.91 Å². The number of hydrogen-bond acceptors (Lipinski definition) is 4. The number of hydrogen-bond donors (Lipinski definition) is 2. The summed E-state index contributed by atoms with van der Waals surface area (Å²) in [6, 6.07) is 11.8. The van der Waals surface area contributed by atoms with Crippen molar-refractivity contribution in [3.63, 3.8) is 0 Å². The van der Waals surface area contributed by atoms with Crippen molar-refractivity contribution in [3.8, 4) is 0 Å². The molecule has 0 bridgehead atoms. The second kappa shape index (κ2) is 7.30. The number of ketones is 2. The molecule has 6 nitrogen and oxygen atoms in total. The lowest BCUT2D eigenvalue weighted by molar-refractivity contribution is -0.907. The minimum atomic E-state index is -0.234. The number of nitrogens with one attached hydrogen (secondary N) is 2. The molecule has 1 aliphatic carbocycles. The zero-order valence-electron chi connectivity index (χ0n) is 16.0. The fourth-order valence-corrected chi connectivity index (χ4v) is 4.20. The van der Waals surface area contributed by atoms with Crippen LogP contribution in [0, 0.1) is 0 Å². The zero-order valence-corrected chi connectivity index (χ0v) is 16.0. The van der Waals surface area contributed by atoms with Crippen molar-refractivity contribution >= 4 is 23.2 Å². The molecule has 2 aromatic carbocycles. The highest BCUT2D eigenvalue weighted by molar-refractivity contribution is 6.30. The quantitative estimate of drug-likeness (QED) is 0.714. The van der Waals surface area contributed by atoms with Gasteiger partial charge in [0.2, 0.25) is 0 Å². The van der Waals surface area contributed by atoms with Gasteiger partial charge in [0.15, 0.2) is 18.1 Å². The van der Waals surface area contributed by atoms with Crippen molar-refractivity contribution in [2.24, 2.45) is 0 Å². The molecule has 1 fully saturated rings. The van der Waals surface area contributed by atoms with E-state index in [1.54, 1.807) is 42.5 Å². The van der Waals surface area contributed by atoms with E-state index in [0.717, 1.165) is 18.0 Å². The van der Waals surface area contributed by atoms with Crippen LogP contribution in [0.4, 0.5) is 5.69 Å². The highest BCUT2D eigenvalue weighted by Gasteiger charge is 2.32. The molecule has 0 radical (unpaired) electrons. The molecule has 3 atom stereocenters. The average molecular weight is 379 g/mol. The van der Waals surface area contributed by atoms with Gasteiger partial charge in [0.05, 0.1) is 11.3 Å². The molecule has 1 unspecified atom stereocenters. The van der Waals surface area contributed by atoms with Crippen molar-refractivity contribution in [2.75, 3.05) is 25.0 Å². The van der Waals surface area contributed by atoms with Crippen LogP contribution in [0.15, 0.2) is 42.5 Å². The average Bonchev–Trinajstić information content (AvgIpc) is 2.65. The fourth-order valence-electron chi connectivity index (χ4n) is 4.20. The van der Waals surface area contributed by atoms with Crippen LogP contribution >= 0.6 is 0 Å². The van der Waals surface area contributed by atoms with Gasteiger partial charge in [-0.3, -0.25) is 14.4 Å². The Morgan fingerprint density at radius 3 is 2.25 bits per heavy atom. The van der Waals surface area contributed by atoms with E-state index in [1.807, 2.05) is 13.8 Å². The summed E-state index contributed by atoms with van der Waals surface area (Å²) in [6.45, 7) is 5.82. The van der Waals surface area contributed by atoms with Crippen molar-refractivity contribution in [1.29, 1.82) is 0 Å². The summed E-state index contributed by atoms with van der Waals surface area (Å²) in [5, 5.41) is 2.86. The number of fused-ring (bicyclic) bond motifs is 2. The predicted octanol–water partition coefficient (Wildman–Crippen LogP) is 1.09. The van der Waals surface area contributed by atoms with E-state index in [0.29, 0.717) is 28.9 Å². The third-order valence-electron chi connectivity index (χ3n) is 5.25. The molecule has 28 heavy (non-hydrogen) atoms. The van der Waals surface area contributed by atoms with Gasteiger partial charge in [-0.15, -0.1) is 0 Å². The molecule has 2 aliphatic rings. The van der Waals surface area contributed by atoms with E-state index >= 15 is 0 Å². The molecule has 1 aliphatic heterocycles. The number of anilines is 1. The number of carbonyl (C=O) groups excluding carboxylic acids is 3. The Bertz CT molecular complexity index is 959.